The number of carbonyl (C=O) groups excluding carboxylic acids is 2. The molecule has 0 spiro atoms. The van der Waals surface area contributed by atoms with Crippen molar-refractivity contribution in [1.82, 2.24) is 0 Å². The summed E-state index contributed by atoms with van der Waals surface area (Å²) >= 11 is 1.17. The van der Waals surface area contributed by atoms with Gasteiger partial charge in [-0.25, -0.2) is 0 Å². The molecule has 0 N–H and O–H groups in total. The molecule has 2 aromatic rings. The standard InChI is InChI=1S/C31H41N5O7S/c1-4-36(26-8-9-28(24(2)21-26)34-35-31-27(22-32)25(3)29(23-33)44-31)10-12-39-13-14-40-15-16-41-17-18-42-19-20-43-30(38)7-5-6-11-37/h8-9,11,21H,4-7,10,12-20H2,1-3H3. The second kappa shape index (κ2) is 21.9. The highest BCUT2D eigenvalue weighted by Gasteiger charge is 2.15. The summed E-state index contributed by atoms with van der Waals surface area (Å²) in [6, 6.07) is 10.1. The van der Waals surface area contributed by atoms with Gasteiger partial charge in [0.1, 0.15) is 29.9 Å². The minimum atomic E-state index is -0.323. The normalized spacial score (nSPS) is 10.9. The van der Waals surface area contributed by atoms with Gasteiger partial charge in [0.2, 0.25) is 0 Å². The fraction of sp³-hybridized carbons (Fsp3) is 0.548. The molecule has 13 heteroatoms. The van der Waals surface area contributed by atoms with Crippen LogP contribution in [-0.4, -0.2) is 84.8 Å². The summed E-state index contributed by atoms with van der Waals surface area (Å²) in [5, 5.41) is 27.7. The summed E-state index contributed by atoms with van der Waals surface area (Å²) in [4.78, 5) is 24.3. The number of rotatable bonds is 23. The number of benzene rings is 1. The second-order valence-corrected chi connectivity index (χ2v) is 10.4. The molecule has 0 saturated carbocycles. The number of carbonyl (C=O) groups is 2. The van der Waals surface area contributed by atoms with Gasteiger partial charge < -0.3 is 33.4 Å². The Bertz CT molecular complexity index is 1290. The van der Waals surface area contributed by atoms with Crippen LogP contribution >= 0.6 is 11.3 Å². The Morgan fingerprint density at radius 2 is 1.57 bits per heavy atom. The van der Waals surface area contributed by atoms with Crippen LogP contribution in [0.1, 0.15) is 47.8 Å². The van der Waals surface area contributed by atoms with Crippen molar-refractivity contribution in [3.8, 4) is 12.1 Å². The predicted octanol–water partition coefficient (Wildman–Crippen LogP) is 5.33. The molecule has 2 rings (SSSR count). The number of likely N-dealkylation sites (N-methyl/N-ethyl adjacent to an activating group) is 1. The van der Waals surface area contributed by atoms with E-state index < -0.39 is 0 Å². The van der Waals surface area contributed by atoms with Crippen molar-refractivity contribution in [1.29, 1.82) is 10.5 Å². The first-order valence-electron chi connectivity index (χ1n) is 14.6. The number of esters is 1. The Morgan fingerprint density at radius 1 is 0.932 bits per heavy atom. The van der Waals surface area contributed by atoms with Gasteiger partial charge in [0.25, 0.3) is 0 Å². The van der Waals surface area contributed by atoms with E-state index in [2.05, 4.69) is 34.2 Å². The number of hydrogen-bond acceptors (Lipinski definition) is 13. The molecule has 0 aliphatic heterocycles. The van der Waals surface area contributed by atoms with Gasteiger partial charge in [-0.15, -0.1) is 21.6 Å². The van der Waals surface area contributed by atoms with Gasteiger partial charge in [-0.1, -0.05) is 0 Å². The third-order valence-electron chi connectivity index (χ3n) is 6.33. The van der Waals surface area contributed by atoms with Crippen LogP contribution in [0.25, 0.3) is 0 Å². The number of ether oxygens (including phenoxy) is 5. The van der Waals surface area contributed by atoms with Crippen molar-refractivity contribution in [2.75, 3.05) is 77.5 Å². The molecule has 0 amide bonds. The van der Waals surface area contributed by atoms with Gasteiger partial charge in [-0.2, -0.15) is 10.5 Å². The van der Waals surface area contributed by atoms with Crippen molar-refractivity contribution >= 4 is 40.0 Å². The Hall–Kier alpha value is -3.72. The lowest BCUT2D eigenvalue weighted by molar-refractivity contribution is -0.145. The maximum atomic E-state index is 11.4. The highest BCUT2D eigenvalue weighted by molar-refractivity contribution is 7.16. The molecule has 0 bridgehead atoms. The number of anilines is 1. The molecule has 0 fully saturated rings. The zero-order chi connectivity index (χ0) is 32.0. The number of aryl methyl sites for hydroxylation is 1. The van der Waals surface area contributed by atoms with Gasteiger partial charge in [0, 0.05) is 31.6 Å². The first-order valence-corrected chi connectivity index (χ1v) is 15.4. The maximum Gasteiger partial charge on any atom is 0.305 e. The molecule has 44 heavy (non-hydrogen) atoms. The molecule has 12 nitrogen and oxygen atoms in total. The number of azo groups is 1. The molecule has 0 saturated heterocycles. The van der Waals surface area contributed by atoms with Crippen molar-refractivity contribution in [3.63, 3.8) is 0 Å². The number of thiophene rings is 1. The van der Waals surface area contributed by atoms with Crippen molar-refractivity contribution in [2.24, 2.45) is 10.2 Å². The minimum absolute atomic E-state index is 0.186. The average molecular weight is 628 g/mol. The minimum Gasteiger partial charge on any atom is -0.463 e. The van der Waals surface area contributed by atoms with Crippen LogP contribution in [0.3, 0.4) is 0 Å². The Labute approximate surface area is 263 Å². The maximum absolute atomic E-state index is 11.4. The first kappa shape index (κ1) is 36.5. The van der Waals surface area contributed by atoms with Crippen LogP contribution in [-0.2, 0) is 33.3 Å². The van der Waals surface area contributed by atoms with Crippen LogP contribution in [0.5, 0.6) is 0 Å². The van der Waals surface area contributed by atoms with E-state index >= 15 is 0 Å². The van der Waals surface area contributed by atoms with E-state index in [-0.39, 0.29) is 19.0 Å². The molecule has 1 aromatic carbocycles. The van der Waals surface area contributed by atoms with Gasteiger partial charge in [-0.05, 0) is 56.5 Å². The molecule has 1 aromatic heterocycles. The van der Waals surface area contributed by atoms with Crippen LogP contribution in [0.4, 0.5) is 16.4 Å². The number of nitriles is 2. The molecule has 0 aliphatic rings. The third-order valence-corrected chi connectivity index (χ3v) is 7.41. The van der Waals surface area contributed by atoms with Crippen LogP contribution in [0.2, 0.25) is 0 Å². The summed E-state index contributed by atoms with van der Waals surface area (Å²) in [6.07, 6.45) is 1.90. The molecule has 238 valence electrons. The van der Waals surface area contributed by atoms with Crippen molar-refractivity contribution < 1.29 is 33.3 Å². The van der Waals surface area contributed by atoms with Gasteiger partial charge >= 0.3 is 5.97 Å². The van der Waals surface area contributed by atoms with Gasteiger partial charge in [0.05, 0.1) is 64.1 Å². The SMILES string of the molecule is CCN(CCOCCOCCOCCOCCOC(=O)CCCC=O)c1ccc(N=Nc2sc(C#N)c(C)c2C#N)c(C)c1. The predicted molar refractivity (Wildman–Crippen MR) is 166 cm³/mol. The van der Waals surface area contributed by atoms with Crippen LogP contribution < -0.4 is 4.90 Å². The van der Waals surface area contributed by atoms with E-state index in [0.29, 0.717) is 92.4 Å². The quantitative estimate of drug-likeness (QED) is 0.0683. The molecular formula is C31H41N5O7S. The Kier molecular flexibility index (Phi) is 18.1. The van der Waals surface area contributed by atoms with E-state index in [1.807, 2.05) is 25.1 Å². The van der Waals surface area contributed by atoms with Crippen molar-refractivity contribution in [2.45, 2.75) is 40.0 Å². The molecule has 0 unspecified atom stereocenters. The van der Waals surface area contributed by atoms with E-state index in [1.165, 1.54) is 11.3 Å². The highest BCUT2D eigenvalue weighted by atomic mass is 32.1. The summed E-state index contributed by atoms with van der Waals surface area (Å²) < 4.78 is 27.1. The molecule has 0 atom stereocenters. The number of nitrogens with zero attached hydrogens (tertiary/aromatic N) is 5. The summed E-state index contributed by atoms with van der Waals surface area (Å²) in [5.41, 5.74) is 3.73. The molecule has 1 heterocycles. The molecular weight excluding hydrogens is 586 g/mol. The third kappa shape index (κ3) is 13.3. The van der Waals surface area contributed by atoms with Crippen LogP contribution in [0, 0.1) is 36.5 Å². The largest absolute Gasteiger partial charge is 0.463 e. The smallest absolute Gasteiger partial charge is 0.305 e. The first-order chi connectivity index (χ1) is 21.4. The van der Waals surface area contributed by atoms with E-state index in [4.69, 9.17) is 23.7 Å². The van der Waals surface area contributed by atoms with Crippen molar-refractivity contribution in [3.05, 3.63) is 39.8 Å². The van der Waals surface area contributed by atoms with Gasteiger partial charge in [-0.3, -0.25) is 4.79 Å². The molecule has 0 radical (unpaired) electrons. The van der Waals surface area contributed by atoms with E-state index in [0.717, 1.165) is 30.6 Å². The van der Waals surface area contributed by atoms with E-state index in [9.17, 15) is 20.1 Å². The zero-order valence-electron chi connectivity index (χ0n) is 25.7. The topological polar surface area (TPSA) is 156 Å². The Morgan fingerprint density at radius 3 is 2.14 bits per heavy atom. The fourth-order valence-corrected chi connectivity index (χ4v) is 4.75. The van der Waals surface area contributed by atoms with Gasteiger partial charge in [0.15, 0.2) is 5.00 Å². The second-order valence-electron chi connectivity index (χ2n) is 9.44. The number of hydrogen-bond donors (Lipinski definition) is 0. The lowest BCUT2D eigenvalue weighted by Gasteiger charge is -2.23. The monoisotopic (exact) mass is 627 g/mol. The van der Waals surface area contributed by atoms with E-state index in [1.54, 1.807) is 6.92 Å². The lowest BCUT2D eigenvalue weighted by atomic mass is 10.1. The average Bonchev–Trinajstić information content (AvgIpc) is 3.34. The number of aldehydes is 1. The lowest BCUT2D eigenvalue weighted by Crippen LogP contribution is -2.27. The number of unbranched alkanes of at least 4 members (excludes halogenated alkanes) is 1. The zero-order valence-corrected chi connectivity index (χ0v) is 26.5. The molecule has 0 aliphatic carbocycles. The summed E-state index contributed by atoms with van der Waals surface area (Å²) in [6.45, 7) is 11.0. The summed E-state index contributed by atoms with van der Waals surface area (Å²) in [5.74, 6) is -0.323. The summed E-state index contributed by atoms with van der Waals surface area (Å²) in [7, 11) is 0. The Balaban J connectivity index is 1.56. The fourth-order valence-electron chi connectivity index (χ4n) is 3.88. The highest BCUT2D eigenvalue weighted by Crippen LogP contribution is 2.36. The van der Waals surface area contributed by atoms with Crippen LogP contribution in [0.15, 0.2) is 28.4 Å².